The predicted octanol–water partition coefficient (Wildman–Crippen LogP) is 21.4. The van der Waals surface area contributed by atoms with Crippen molar-refractivity contribution in [3.63, 3.8) is 0 Å². The van der Waals surface area contributed by atoms with Crippen LogP contribution < -0.4 is 10.6 Å². The number of fused-ring (bicyclic) bond motifs is 17. The SMILES string of the molecule is C=Nc1ccc(-c2ccc(-n3c4c(c5ccccc53)CCc3sc5ccccc5c3-4)cc2)cc1C(=NCC1=CCC(n2c3c(c4c2=CCCC=4)CCC(SC)=C3C2C=CC=CC2)C=C1)c1cccc(-n2c3ccccc3c3ccc4sc5ccccc5c4c32)c1.CC. The van der Waals surface area contributed by atoms with Crippen molar-refractivity contribution in [1.29, 1.82) is 0 Å². The van der Waals surface area contributed by atoms with Gasteiger partial charge >= 0.3 is 0 Å². The van der Waals surface area contributed by atoms with Gasteiger partial charge in [0.2, 0.25) is 0 Å². The number of rotatable bonds is 11. The number of hydrogen-bond acceptors (Lipinski definition) is 5. The molecule has 0 saturated carbocycles. The first kappa shape index (κ1) is 56.7. The lowest BCUT2D eigenvalue weighted by Gasteiger charge is -2.30. The van der Waals surface area contributed by atoms with Crippen LogP contribution in [0.15, 0.2) is 239 Å². The van der Waals surface area contributed by atoms with Gasteiger partial charge in [-0.15, -0.1) is 34.4 Å². The largest absolute Gasteiger partial charge is 0.333 e. The average molecular weight is 1240 g/mol. The van der Waals surface area contributed by atoms with Crippen LogP contribution in [0.5, 0.6) is 0 Å². The van der Waals surface area contributed by atoms with Crippen LogP contribution in [0.4, 0.5) is 5.69 Å². The third-order valence-electron chi connectivity index (χ3n) is 19.8. The first-order chi connectivity index (χ1) is 45.6. The summed E-state index contributed by atoms with van der Waals surface area (Å²) in [5, 5.41) is 10.6. The van der Waals surface area contributed by atoms with Gasteiger partial charge in [0.1, 0.15) is 0 Å². The number of hydrogen-bond donors (Lipinski definition) is 0. The molecule has 5 aliphatic rings. The highest BCUT2D eigenvalue weighted by atomic mass is 32.2. The zero-order valence-corrected chi connectivity index (χ0v) is 54.6. The molecule has 0 N–H and O–H groups in total. The van der Waals surface area contributed by atoms with Gasteiger partial charge in [0.05, 0.1) is 51.9 Å². The van der Waals surface area contributed by atoms with Gasteiger partial charge in [-0.3, -0.25) is 9.98 Å². The van der Waals surface area contributed by atoms with Gasteiger partial charge in [0.15, 0.2) is 0 Å². The van der Waals surface area contributed by atoms with Crippen LogP contribution in [0.3, 0.4) is 0 Å². The number of thioether (sulfide) groups is 1. The van der Waals surface area contributed by atoms with Crippen molar-refractivity contribution >= 4 is 133 Å². The van der Waals surface area contributed by atoms with E-state index in [-0.39, 0.29) is 6.04 Å². The number of aryl methyl sites for hydroxylation is 2. The van der Waals surface area contributed by atoms with Gasteiger partial charge in [0.25, 0.3) is 0 Å². The summed E-state index contributed by atoms with van der Waals surface area (Å²) in [6.07, 6.45) is 32.3. The number of nitrogens with zero attached hydrogens (tertiary/aromatic N) is 5. The van der Waals surface area contributed by atoms with Crippen molar-refractivity contribution in [2.45, 2.75) is 71.3 Å². The molecule has 0 amide bonds. The molecule has 5 heterocycles. The van der Waals surface area contributed by atoms with Gasteiger partial charge in [-0.2, -0.15) is 0 Å². The number of thiophene rings is 2. The van der Waals surface area contributed by atoms with Gasteiger partial charge < -0.3 is 13.7 Å². The zero-order chi connectivity index (χ0) is 61.6. The van der Waals surface area contributed by atoms with E-state index in [0.717, 1.165) is 96.4 Å². The molecule has 13 aromatic rings. The van der Waals surface area contributed by atoms with E-state index in [1.807, 2.05) is 48.3 Å². The second-order valence-corrected chi connectivity index (χ2v) is 27.8. The van der Waals surface area contributed by atoms with Crippen molar-refractivity contribution in [2.75, 3.05) is 12.8 Å². The van der Waals surface area contributed by atoms with E-state index in [1.165, 1.54) is 112 Å². The number of benzene rings is 8. The number of aliphatic imine (C=N–C) groups is 2. The summed E-state index contributed by atoms with van der Waals surface area (Å²) < 4.78 is 11.7. The second kappa shape index (κ2) is 23.4. The molecule has 2 unspecified atom stereocenters. The van der Waals surface area contributed by atoms with Crippen molar-refractivity contribution < 1.29 is 0 Å². The van der Waals surface area contributed by atoms with Gasteiger partial charge in [0, 0.05) is 90.6 Å². The first-order valence-corrected chi connectivity index (χ1v) is 35.7. The van der Waals surface area contributed by atoms with Crippen LogP contribution in [0.1, 0.15) is 84.8 Å². The van der Waals surface area contributed by atoms with E-state index in [4.69, 9.17) is 9.98 Å². The molecule has 0 fully saturated rings. The Morgan fingerprint density at radius 2 is 1.35 bits per heavy atom. The molecule has 92 heavy (non-hydrogen) atoms. The van der Waals surface area contributed by atoms with E-state index in [2.05, 4.69) is 257 Å². The Labute approximate surface area is 549 Å². The number of aromatic nitrogens is 3. The van der Waals surface area contributed by atoms with Gasteiger partial charge in [-0.25, -0.2) is 0 Å². The molecule has 0 spiro atoms. The molecule has 2 atom stereocenters. The van der Waals surface area contributed by atoms with Crippen molar-refractivity contribution in [3.8, 4) is 33.8 Å². The molecule has 5 aliphatic carbocycles. The van der Waals surface area contributed by atoms with Crippen LogP contribution in [-0.2, 0) is 19.3 Å². The van der Waals surface area contributed by atoms with E-state index >= 15 is 0 Å². The van der Waals surface area contributed by atoms with E-state index < -0.39 is 0 Å². The molecule has 0 radical (unpaired) electrons. The molecule has 0 aliphatic heterocycles. The molecule has 5 nitrogen and oxygen atoms in total. The smallest absolute Gasteiger partial charge is 0.0745 e. The highest BCUT2D eigenvalue weighted by molar-refractivity contribution is 8.02. The Bertz CT molecular complexity index is 5540. The Balaban J connectivity index is 0.00000321. The molecule has 5 aromatic heterocycles. The van der Waals surface area contributed by atoms with Crippen LogP contribution in [0, 0.1) is 5.92 Å². The number of allylic oxidation sites excluding steroid dienone is 8. The summed E-state index contributed by atoms with van der Waals surface area (Å²) in [5.41, 5.74) is 21.7. The summed E-state index contributed by atoms with van der Waals surface area (Å²) in [4.78, 5) is 13.6. The zero-order valence-electron chi connectivity index (χ0n) is 52.1. The highest BCUT2D eigenvalue weighted by Crippen LogP contribution is 2.50. The van der Waals surface area contributed by atoms with Crippen LogP contribution >= 0.6 is 34.4 Å². The normalized spacial score (nSPS) is 16.8. The van der Waals surface area contributed by atoms with Crippen LogP contribution in [0.25, 0.3) is 114 Å². The van der Waals surface area contributed by atoms with E-state index in [1.54, 1.807) is 10.5 Å². The van der Waals surface area contributed by atoms with E-state index in [9.17, 15) is 0 Å². The average Bonchev–Trinajstić information content (AvgIpc) is 1.58. The maximum absolute atomic E-state index is 5.79. The van der Waals surface area contributed by atoms with Crippen LogP contribution in [-0.4, -0.2) is 38.9 Å². The minimum atomic E-state index is 0.195. The monoisotopic (exact) mass is 1240 g/mol. The summed E-state index contributed by atoms with van der Waals surface area (Å²) in [6.45, 7) is 8.72. The Morgan fingerprint density at radius 1 is 0.598 bits per heavy atom. The summed E-state index contributed by atoms with van der Waals surface area (Å²) >= 11 is 5.78. The fourth-order valence-corrected chi connectivity index (χ4v) is 18.9. The molecule has 8 aromatic carbocycles. The molecule has 8 heteroatoms. The summed E-state index contributed by atoms with van der Waals surface area (Å²) in [7, 11) is 0. The maximum Gasteiger partial charge on any atom is 0.0745 e. The van der Waals surface area contributed by atoms with Crippen molar-refractivity contribution in [3.05, 3.63) is 272 Å². The van der Waals surface area contributed by atoms with Gasteiger partial charge in [-0.05, 0) is 175 Å². The molecular formula is C84H69N5S3. The topological polar surface area (TPSA) is 39.5 Å². The molecular weight excluding hydrogens is 1180 g/mol. The van der Waals surface area contributed by atoms with Crippen LogP contribution in [0.2, 0.25) is 0 Å². The molecule has 18 rings (SSSR count). The second-order valence-electron chi connectivity index (χ2n) is 24.6. The molecule has 0 bridgehead atoms. The Kier molecular flexibility index (Phi) is 14.4. The third-order valence-corrected chi connectivity index (χ3v) is 23.1. The summed E-state index contributed by atoms with van der Waals surface area (Å²) in [5.74, 6) is 0.378. The minimum absolute atomic E-state index is 0.195. The predicted molar refractivity (Wildman–Crippen MR) is 400 cm³/mol. The Hall–Kier alpha value is -9.31. The quantitative estimate of drug-likeness (QED) is 0.119. The third kappa shape index (κ3) is 9.15. The lowest BCUT2D eigenvalue weighted by molar-refractivity contribution is 0.578. The van der Waals surface area contributed by atoms with Gasteiger partial charge in [-0.1, -0.05) is 178 Å². The summed E-state index contributed by atoms with van der Waals surface area (Å²) in [6, 6.07) is 65.5. The maximum atomic E-state index is 5.79. The minimum Gasteiger partial charge on any atom is -0.333 e. The first-order valence-electron chi connectivity index (χ1n) is 32.8. The van der Waals surface area contributed by atoms with Crippen molar-refractivity contribution in [2.24, 2.45) is 15.9 Å². The lowest BCUT2D eigenvalue weighted by atomic mass is 9.83. The molecule has 0 saturated heterocycles. The highest BCUT2D eigenvalue weighted by Gasteiger charge is 2.33. The lowest BCUT2D eigenvalue weighted by Crippen LogP contribution is -2.34. The fraction of sp³-hybridized carbons (Fsp3) is 0.167. The Morgan fingerprint density at radius 3 is 2.14 bits per heavy atom. The number of para-hydroxylation sites is 2. The van der Waals surface area contributed by atoms with Crippen molar-refractivity contribution in [1.82, 2.24) is 13.7 Å². The van der Waals surface area contributed by atoms with E-state index in [0.29, 0.717) is 12.5 Å². The molecule has 448 valence electrons. The fourth-order valence-electron chi connectivity index (χ4n) is 15.8. The standard InChI is InChI=1S/C82H63N5S3.C2H6/c1-83-67-43-35-53(51-33-38-56(39-34-51)86-69-27-12-7-22-59(69)62-41-45-74-77(81(62)86)64-24-9-14-29-71(64)89-74)48-66(67)79(54-19-16-20-57(47-54)87-70-28-13-8-23-60(70)63-42-46-75-78(82(63)87)65-25-10-15-30-72(65)90-75)84-49-50-31-36-55(37-32-50)85-68-26-11-6-21-58(68)61-40-44-73(88-2)76(80(61)85)52-17-4-3-5-18-52;1-2/h3-5,7-10,12-17,19-36,38-39,42-43,46-48,52,55H,1,6,11,18,37,40-41,44-45,49H2,2H3;1-2H3.